The fourth-order valence-electron chi connectivity index (χ4n) is 6.10. The predicted molar refractivity (Wildman–Crippen MR) is 176 cm³/mol. The highest BCUT2D eigenvalue weighted by Gasteiger charge is 2.66. The molecular formula is C32H54B4O8. The normalized spacial score (nSPS) is 29.0. The minimum atomic E-state index is -0.645. The first-order valence-electron chi connectivity index (χ1n) is 16.3. The molecule has 1 aromatic rings. The smallest absolute Gasteiger partial charge is 0.403 e. The van der Waals surface area contributed by atoms with Crippen molar-refractivity contribution in [3.8, 4) is 0 Å². The van der Waals surface area contributed by atoms with Gasteiger partial charge in [-0.05, 0) is 122 Å². The van der Waals surface area contributed by atoms with Crippen LogP contribution in [0.15, 0.2) is 24.3 Å². The summed E-state index contributed by atoms with van der Waals surface area (Å²) in [5, 5.41) is 0. The highest BCUT2D eigenvalue weighted by molar-refractivity contribution is 6.70. The summed E-state index contributed by atoms with van der Waals surface area (Å²) in [6.45, 7) is 33.1. The van der Waals surface area contributed by atoms with E-state index in [4.69, 9.17) is 37.2 Å². The summed E-state index contributed by atoms with van der Waals surface area (Å²) in [6, 6.07) is 8.29. The van der Waals surface area contributed by atoms with Gasteiger partial charge in [-0.1, -0.05) is 24.3 Å². The summed E-state index contributed by atoms with van der Waals surface area (Å²) in [4.78, 5) is 0. The van der Waals surface area contributed by atoms with Gasteiger partial charge in [0.15, 0.2) is 0 Å². The topological polar surface area (TPSA) is 73.8 Å². The van der Waals surface area contributed by atoms with Crippen LogP contribution in [-0.2, 0) is 37.2 Å². The van der Waals surface area contributed by atoms with Gasteiger partial charge in [0.05, 0.1) is 56.2 Å². The van der Waals surface area contributed by atoms with Crippen molar-refractivity contribution in [3.63, 3.8) is 0 Å². The number of hydrogen-bond acceptors (Lipinski definition) is 8. The van der Waals surface area contributed by atoms with Gasteiger partial charge in [-0.3, -0.25) is 0 Å². The fourth-order valence-corrected chi connectivity index (χ4v) is 6.10. The van der Waals surface area contributed by atoms with Crippen molar-refractivity contribution >= 4 is 28.5 Å². The van der Waals surface area contributed by atoms with E-state index in [9.17, 15) is 0 Å². The summed E-state index contributed by atoms with van der Waals surface area (Å²) in [6.07, 6.45) is 0. The van der Waals surface area contributed by atoms with Crippen LogP contribution in [0.25, 0.3) is 0 Å². The van der Waals surface area contributed by atoms with Crippen LogP contribution in [0.4, 0.5) is 0 Å². The molecule has 5 rings (SSSR count). The first-order chi connectivity index (χ1) is 19.7. The van der Waals surface area contributed by atoms with Crippen molar-refractivity contribution < 1.29 is 37.2 Å². The number of hydrogen-bond donors (Lipinski definition) is 0. The first-order valence-corrected chi connectivity index (χ1v) is 16.3. The zero-order chi connectivity index (χ0) is 33.1. The van der Waals surface area contributed by atoms with Crippen molar-refractivity contribution in [2.45, 2.75) is 167 Å². The number of benzene rings is 1. The van der Waals surface area contributed by atoms with Crippen molar-refractivity contribution in [1.29, 1.82) is 0 Å². The molecule has 242 valence electrons. The minimum absolute atomic E-state index is 0.444. The summed E-state index contributed by atoms with van der Waals surface area (Å²) < 4.78 is 53.9. The zero-order valence-corrected chi connectivity index (χ0v) is 30.0. The molecular weight excluding hydrogens is 556 g/mol. The average molecular weight is 610 g/mol. The van der Waals surface area contributed by atoms with Gasteiger partial charge in [-0.2, -0.15) is 0 Å². The van der Waals surface area contributed by atoms with Crippen LogP contribution in [-0.4, -0.2) is 73.3 Å². The minimum Gasteiger partial charge on any atom is -0.403 e. The van der Waals surface area contributed by atoms with Crippen LogP contribution < -0.4 is 0 Å². The average Bonchev–Trinajstić information content (AvgIpc) is 3.35. The van der Waals surface area contributed by atoms with Gasteiger partial charge in [-0.25, -0.2) is 0 Å². The van der Waals surface area contributed by atoms with Crippen LogP contribution in [0.3, 0.4) is 0 Å². The number of rotatable bonds is 6. The van der Waals surface area contributed by atoms with Crippen LogP contribution in [0.2, 0.25) is 0 Å². The third kappa shape index (κ3) is 5.47. The molecule has 4 aliphatic heterocycles. The Morgan fingerprint density at radius 2 is 0.500 bits per heavy atom. The summed E-state index contributed by atoms with van der Waals surface area (Å²) in [5.41, 5.74) is -3.38. The molecule has 0 saturated carbocycles. The van der Waals surface area contributed by atoms with E-state index in [-0.39, 0.29) is 0 Å². The Balaban J connectivity index is 1.67. The van der Waals surface area contributed by atoms with Gasteiger partial charge in [0, 0.05) is 0 Å². The Labute approximate surface area is 267 Å². The molecule has 4 saturated heterocycles. The van der Waals surface area contributed by atoms with Gasteiger partial charge in [0.1, 0.15) is 0 Å². The molecule has 0 aromatic heterocycles. The fraction of sp³-hybridized carbons (Fsp3) is 0.812. The SMILES string of the molecule is CC1(C)OB(C(B2OC(C)(C)C(C)(C)O2)c2ccccc2C(B2OC(C)(C)C(C)(C)O2)B2OC(C)(C)C(C)(C)O2)OC1(C)C. The predicted octanol–water partition coefficient (Wildman–Crippen LogP) is 6.38. The highest BCUT2D eigenvalue weighted by atomic mass is 16.7. The van der Waals surface area contributed by atoms with Gasteiger partial charge in [-0.15, -0.1) is 0 Å². The third-order valence-electron chi connectivity index (χ3n) is 12.0. The molecule has 4 fully saturated rings. The molecule has 0 amide bonds. The van der Waals surface area contributed by atoms with E-state index in [1.807, 2.05) is 12.1 Å². The molecule has 4 aliphatic rings. The largest absolute Gasteiger partial charge is 0.463 e. The molecule has 0 aliphatic carbocycles. The monoisotopic (exact) mass is 610 g/mol. The summed E-state index contributed by atoms with van der Waals surface area (Å²) >= 11 is 0. The molecule has 12 heteroatoms. The van der Waals surface area contributed by atoms with Crippen molar-refractivity contribution in [2.75, 3.05) is 0 Å². The molecule has 0 radical (unpaired) electrons. The third-order valence-corrected chi connectivity index (χ3v) is 12.0. The highest BCUT2D eigenvalue weighted by Crippen LogP contribution is 2.51. The second kappa shape index (κ2) is 10.3. The van der Waals surface area contributed by atoms with Crippen LogP contribution in [0.5, 0.6) is 0 Å². The van der Waals surface area contributed by atoms with E-state index in [1.54, 1.807) is 0 Å². The van der Waals surface area contributed by atoms with Crippen LogP contribution >= 0.6 is 0 Å². The molecule has 0 unspecified atom stereocenters. The maximum Gasteiger partial charge on any atom is 0.463 e. The molecule has 1 aromatic carbocycles. The summed E-state index contributed by atoms with van der Waals surface area (Å²) in [7, 11) is -2.58. The van der Waals surface area contributed by atoms with E-state index >= 15 is 0 Å². The quantitative estimate of drug-likeness (QED) is 0.344. The van der Waals surface area contributed by atoms with Crippen molar-refractivity contribution in [2.24, 2.45) is 0 Å². The lowest BCUT2D eigenvalue weighted by Gasteiger charge is -2.32. The Morgan fingerprint density at radius 3 is 0.659 bits per heavy atom. The first kappa shape index (κ1) is 34.5. The molecule has 0 spiro atoms. The molecule has 0 bridgehead atoms. The second-order valence-corrected chi connectivity index (χ2v) is 17.2. The maximum absolute atomic E-state index is 6.74. The van der Waals surface area contributed by atoms with E-state index < -0.39 is 84.7 Å². The molecule has 0 N–H and O–H groups in total. The van der Waals surface area contributed by atoms with E-state index in [0.717, 1.165) is 11.1 Å². The summed E-state index contributed by atoms with van der Waals surface area (Å²) in [5.74, 6) is 0. The van der Waals surface area contributed by atoms with E-state index in [1.165, 1.54) is 0 Å². The molecule has 8 nitrogen and oxygen atoms in total. The standard InChI is InChI=1S/C32H54B4O8/c1-25(2)26(3,4)38-33(37-25)23(34-39-27(5,6)28(7,8)40-34)21-19-17-18-20-22(21)24(35-41-29(9,10)30(11,12)42-35)36-43-31(13,14)32(15,16)44-36/h17-20,23-24H,1-16H3. The van der Waals surface area contributed by atoms with Crippen LogP contribution in [0, 0.1) is 0 Å². The van der Waals surface area contributed by atoms with Crippen molar-refractivity contribution in [1.82, 2.24) is 0 Å². The Morgan fingerprint density at radius 1 is 0.341 bits per heavy atom. The van der Waals surface area contributed by atoms with E-state index in [0.29, 0.717) is 0 Å². The Bertz CT molecular complexity index is 1030. The van der Waals surface area contributed by atoms with E-state index in [2.05, 4.69) is 123 Å². The zero-order valence-electron chi connectivity index (χ0n) is 30.0. The molecule has 4 heterocycles. The molecule has 0 atom stereocenters. The van der Waals surface area contributed by atoms with Gasteiger partial charge < -0.3 is 37.2 Å². The van der Waals surface area contributed by atoms with Crippen molar-refractivity contribution in [3.05, 3.63) is 35.4 Å². The Kier molecular flexibility index (Phi) is 8.10. The van der Waals surface area contributed by atoms with Gasteiger partial charge in [0.25, 0.3) is 0 Å². The maximum atomic E-state index is 6.74. The lowest BCUT2D eigenvalue weighted by molar-refractivity contribution is 0.00578. The van der Waals surface area contributed by atoms with Gasteiger partial charge in [0.2, 0.25) is 0 Å². The Hall–Kier alpha value is -0.840. The lowest BCUT2D eigenvalue weighted by atomic mass is 9.43. The second-order valence-electron chi connectivity index (χ2n) is 17.2. The van der Waals surface area contributed by atoms with Crippen LogP contribution in [0.1, 0.15) is 133 Å². The lowest BCUT2D eigenvalue weighted by Crippen LogP contribution is -2.45. The van der Waals surface area contributed by atoms with Gasteiger partial charge >= 0.3 is 28.5 Å². The molecule has 44 heavy (non-hydrogen) atoms.